The lowest BCUT2D eigenvalue weighted by Gasteiger charge is -2.11. The first-order chi connectivity index (χ1) is 12.5. The number of nitrogens with one attached hydrogen (secondary N) is 3. The molecular weight excluding hydrogens is 477 g/mol. The molecule has 1 heterocycles. The van der Waals surface area contributed by atoms with Crippen LogP contribution in [-0.4, -0.2) is 33.0 Å². The molecule has 0 unspecified atom stereocenters. The third kappa shape index (κ3) is 8.67. The predicted octanol–water partition coefficient (Wildman–Crippen LogP) is 2.00. The van der Waals surface area contributed by atoms with E-state index in [1.165, 1.54) is 7.05 Å². The number of halogens is 1. The van der Waals surface area contributed by atoms with Crippen LogP contribution in [0.15, 0.2) is 53.7 Å². The Hall–Kier alpha value is -1.72. The Morgan fingerprint density at radius 1 is 1.11 bits per heavy atom. The molecule has 0 aliphatic carbocycles. The zero-order valence-electron chi connectivity index (χ0n) is 15.5. The topological polar surface area (TPSA) is 95.5 Å². The highest BCUT2D eigenvalue weighted by atomic mass is 127. The van der Waals surface area contributed by atoms with Crippen molar-refractivity contribution in [1.29, 1.82) is 0 Å². The van der Waals surface area contributed by atoms with Crippen molar-refractivity contribution in [2.75, 3.05) is 13.6 Å². The average molecular weight is 503 g/mol. The van der Waals surface area contributed by atoms with Gasteiger partial charge in [-0.25, -0.2) is 18.1 Å². The highest BCUT2D eigenvalue weighted by Crippen LogP contribution is 2.09. The van der Waals surface area contributed by atoms with Gasteiger partial charge in [0.25, 0.3) is 0 Å². The van der Waals surface area contributed by atoms with Crippen molar-refractivity contribution in [3.63, 3.8) is 0 Å². The third-order valence-corrected chi connectivity index (χ3v) is 4.92. The molecule has 0 atom stereocenters. The van der Waals surface area contributed by atoms with Gasteiger partial charge in [-0.3, -0.25) is 4.98 Å². The van der Waals surface area contributed by atoms with Crippen LogP contribution >= 0.6 is 24.0 Å². The molecule has 0 spiro atoms. The lowest BCUT2D eigenvalue weighted by molar-refractivity contribution is 0.587. The predicted molar refractivity (Wildman–Crippen MR) is 119 cm³/mol. The van der Waals surface area contributed by atoms with Crippen LogP contribution in [0.2, 0.25) is 0 Å². The van der Waals surface area contributed by atoms with Gasteiger partial charge in [0.05, 0.1) is 24.5 Å². The molecular formula is C18H26IN5O2S. The van der Waals surface area contributed by atoms with E-state index in [0.717, 1.165) is 23.4 Å². The Morgan fingerprint density at radius 2 is 1.89 bits per heavy atom. The molecule has 1 aromatic heterocycles. The summed E-state index contributed by atoms with van der Waals surface area (Å²) >= 11 is 0. The van der Waals surface area contributed by atoms with Gasteiger partial charge >= 0.3 is 0 Å². The molecule has 2 rings (SSSR count). The minimum absolute atomic E-state index is 0. The van der Waals surface area contributed by atoms with E-state index in [9.17, 15) is 8.42 Å². The van der Waals surface area contributed by atoms with Crippen molar-refractivity contribution in [1.82, 2.24) is 20.3 Å². The molecule has 0 aliphatic rings. The average Bonchev–Trinajstić information content (AvgIpc) is 2.65. The van der Waals surface area contributed by atoms with Gasteiger partial charge in [0.1, 0.15) is 0 Å². The summed E-state index contributed by atoms with van der Waals surface area (Å²) in [6, 6.07) is 13.2. The second-order valence-electron chi connectivity index (χ2n) is 5.65. The van der Waals surface area contributed by atoms with Gasteiger partial charge in [-0.2, -0.15) is 0 Å². The van der Waals surface area contributed by atoms with Crippen LogP contribution in [0.4, 0.5) is 0 Å². The van der Waals surface area contributed by atoms with Crippen molar-refractivity contribution in [3.8, 4) is 0 Å². The third-order valence-electron chi connectivity index (χ3n) is 3.59. The Morgan fingerprint density at radius 3 is 2.56 bits per heavy atom. The lowest BCUT2D eigenvalue weighted by Crippen LogP contribution is -2.37. The number of guanidine groups is 1. The van der Waals surface area contributed by atoms with E-state index in [1.807, 2.05) is 43.3 Å². The fourth-order valence-corrected chi connectivity index (χ4v) is 3.06. The van der Waals surface area contributed by atoms with E-state index >= 15 is 0 Å². The standard InChI is InChI=1S/C18H25N5O2S.HI/c1-3-20-18(23-13-17-9-4-5-10-21-17)22-12-15-7-6-8-16(11-15)14-26(24,25)19-2;/h4-11,19H,3,12-14H2,1-2H3,(H2,20,22,23);1H. The molecule has 1 aromatic carbocycles. The fourth-order valence-electron chi connectivity index (χ4n) is 2.30. The van der Waals surface area contributed by atoms with E-state index in [1.54, 1.807) is 12.3 Å². The summed E-state index contributed by atoms with van der Waals surface area (Å²) in [6.45, 7) is 3.77. The largest absolute Gasteiger partial charge is 0.357 e. The van der Waals surface area contributed by atoms with Crippen LogP contribution in [0, 0.1) is 0 Å². The highest BCUT2D eigenvalue weighted by molar-refractivity contribution is 14.0. The number of aromatic nitrogens is 1. The number of pyridine rings is 1. The molecule has 0 aliphatic heterocycles. The molecule has 0 saturated carbocycles. The van der Waals surface area contributed by atoms with Crippen LogP contribution in [0.5, 0.6) is 0 Å². The van der Waals surface area contributed by atoms with Crippen molar-refractivity contribution >= 4 is 40.0 Å². The normalized spacial score (nSPS) is 11.6. The summed E-state index contributed by atoms with van der Waals surface area (Å²) in [5.41, 5.74) is 2.61. The maximum atomic E-state index is 11.7. The number of aliphatic imine (C=N–C) groups is 1. The van der Waals surface area contributed by atoms with Gasteiger partial charge in [-0.1, -0.05) is 30.3 Å². The van der Waals surface area contributed by atoms with Gasteiger partial charge in [0.2, 0.25) is 10.0 Å². The van der Waals surface area contributed by atoms with Crippen LogP contribution in [0.25, 0.3) is 0 Å². The number of nitrogens with zero attached hydrogens (tertiary/aromatic N) is 2. The van der Waals surface area contributed by atoms with Crippen LogP contribution in [0.3, 0.4) is 0 Å². The molecule has 0 saturated heterocycles. The molecule has 27 heavy (non-hydrogen) atoms. The Kier molecular flexibility index (Phi) is 10.3. The van der Waals surface area contributed by atoms with Crippen molar-refractivity contribution in [2.24, 2.45) is 4.99 Å². The highest BCUT2D eigenvalue weighted by Gasteiger charge is 2.08. The number of hydrogen-bond donors (Lipinski definition) is 3. The molecule has 3 N–H and O–H groups in total. The molecule has 9 heteroatoms. The smallest absolute Gasteiger partial charge is 0.215 e. The summed E-state index contributed by atoms with van der Waals surface area (Å²) in [5, 5.41) is 6.43. The van der Waals surface area contributed by atoms with Crippen molar-refractivity contribution < 1.29 is 8.42 Å². The number of sulfonamides is 1. The van der Waals surface area contributed by atoms with Gasteiger partial charge < -0.3 is 10.6 Å². The SMILES string of the molecule is CCNC(=NCc1cccc(CS(=O)(=O)NC)c1)NCc1ccccn1.I. The van der Waals surface area contributed by atoms with E-state index in [0.29, 0.717) is 19.0 Å². The fraction of sp³-hybridized carbons (Fsp3) is 0.333. The first-order valence-corrected chi connectivity index (χ1v) is 10.1. The molecule has 2 aromatic rings. The zero-order chi connectivity index (χ0) is 18.8. The summed E-state index contributed by atoms with van der Waals surface area (Å²) < 4.78 is 25.7. The van der Waals surface area contributed by atoms with Crippen molar-refractivity contribution in [3.05, 3.63) is 65.5 Å². The van der Waals surface area contributed by atoms with Gasteiger partial charge in [-0.15, -0.1) is 24.0 Å². The van der Waals surface area contributed by atoms with Crippen LogP contribution < -0.4 is 15.4 Å². The Balaban J connectivity index is 0.00000364. The number of benzene rings is 1. The van der Waals surface area contributed by atoms with Crippen molar-refractivity contribution in [2.45, 2.75) is 25.8 Å². The van der Waals surface area contributed by atoms with E-state index < -0.39 is 10.0 Å². The molecule has 0 fully saturated rings. The van der Waals surface area contributed by atoms with Crippen LogP contribution in [0.1, 0.15) is 23.7 Å². The summed E-state index contributed by atoms with van der Waals surface area (Å²) in [6.07, 6.45) is 1.76. The number of hydrogen-bond acceptors (Lipinski definition) is 4. The number of rotatable bonds is 8. The molecule has 0 amide bonds. The molecule has 0 bridgehead atoms. The van der Waals surface area contributed by atoms with Gasteiger partial charge in [0.15, 0.2) is 5.96 Å². The quantitative estimate of drug-likeness (QED) is 0.291. The summed E-state index contributed by atoms with van der Waals surface area (Å²) in [5.74, 6) is 0.644. The minimum Gasteiger partial charge on any atom is -0.357 e. The first-order valence-electron chi connectivity index (χ1n) is 8.43. The van der Waals surface area contributed by atoms with Gasteiger partial charge in [0, 0.05) is 12.7 Å². The Bertz CT molecular complexity index is 829. The molecule has 148 valence electrons. The lowest BCUT2D eigenvalue weighted by atomic mass is 10.1. The van der Waals surface area contributed by atoms with E-state index in [4.69, 9.17) is 0 Å². The summed E-state index contributed by atoms with van der Waals surface area (Å²) in [7, 11) is -1.87. The monoisotopic (exact) mass is 503 g/mol. The molecule has 0 radical (unpaired) electrons. The van der Waals surface area contributed by atoms with Gasteiger partial charge in [-0.05, 0) is 37.2 Å². The van der Waals surface area contributed by atoms with E-state index in [-0.39, 0.29) is 29.7 Å². The Labute approximate surface area is 178 Å². The van der Waals surface area contributed by atoms with E-state index in [2.05, 4.69) is 25.3 Å². The van der Waals surface area contributed by atoms with Crippen LogP contribution in [-0.2, 0) is 28.9 Å². The summed E-state index contributed by atoms with van der Waals surface area (Å²) in [4.78, 5) is 8.83. The minimum atomic E-state index is -3.29. The second kappa shape index (κ2) is 11.9. The first kappa shape index (κ1) is 23.3. The zero-order valence-corrected chi connectivity index (χ0v) is 18.6. The maximum Gasteiger partial charge on any atom is 0.215 e. The second-order valence-corrected chi connectivity index (χ2v) is 7.58. The molecule has 7 nitrogen and oxygen atoms in total. The maximum absolute atomic E-state index is 11.7.